The molecule has 0 bridgehead atoms. The van der Waals surface area contributed by atoms with Crippen molar-refractivity contribution in [3.05, 3.63) is 24.0 Å². The van der Waals surface area contributed by atoms with Crippen molar-refractivity contribution >= 4 is 5.91 Å². The Hall–Kier alpha value is -1.62. The van der Waals surface area contributed by atoms with Gasteiger partial charge in [0, 0.05) is 24.8 Å². The maximum Gasteiger partial charge on any atom is 0.273 e. The Morgan fingerprint density at radius 3 is 3.18 bits per heavy atom. The summed E-state index contributed by atoms with van der Waals surface area (Å²) in [5, 5.41) is 12.3. The summed E-state index contributed by atoms with van der Waals surface area (Å²) in [6, 6.07) is 3.05. The molecule has 0 aromatic carbocycles. The molecule has 0 saturated carbocycles. The number of aromatic nitrogens is 1. The van der Waals surface area contributed by atoms with Crippen LogP contribution in [0.2, 0.25) is 0 Å². The number of carbonyl (C=O) groups is 1. The van der Waals surface area contributed by atoms with E-state index in [0.717, 1.165) is 13.0 Å². The van der Waals surface area contributed by atoms with E-state index in [2.05, 4.69) is 10.3 Å². The molecule has 0 radical (unpaired) electrons. The molecule has 2 N–H and O–H groups in total. The van der Waals surface area contributed by atoms with E-state index in [1.54, 1.807) is 6.07 Å². The van der Waals surface area contributed by atoms with Gasteiger partial charge in [-0.3, -0.25) is 4.79 Å². The standard InChI is InChI=1S/C12H16N2O3/c1-8(9-4-6-17-7-9)14-12(16)11-10(15)3-2-5-13-11/h2-3,5,8-9,15H,4,6-7H2,1H3,(H,14,16). The molecular formula is C12H16N2O3. The van der Waals surface area contributed by atoms with Crippen molar-refractivity contribution in [2.75, 3.05) is 13.2 Å². The first-order valence-electron chi connectivity index (χ1n) is 5.71. The van der Waals surface area contributed by atoms with Gasteiger partial charge in [0.15, 0.2) is 5.69 Å². The monoisotopic (exact) mass is 236 g/mol. The number of ether oxygens (including phenoxy) is 1. The summed E-state index contributed by atoms with van der Waals surface area (Å²) in [5.74, 6) is -0.104. The molecule has 5 nitrogen and oxygen atoms in total. The van der Waals surface area contributed by atoms with Crippen LogP contribution in [-0.4, -0.2) is 35.3 Å². The lowest BCUT2D eigenvalue weighted by molar-refractivity contribution is 0.0914. The van der Waals surface area contributed by atoms with Gasteiger partial charge in [0.1, 0.15) is 5.75 Å². The predicted molar refractivity (Wildman–Crippen MR) is 61.8 cm³/mol. The van der Waals surface area contributed by atoms with Gasteiger partial charge in [0.05, 0.1) is 6.61 Å². The average Bonchev–Trinajstić information content (AvgIpc) is 2.82. The van der Waals surface area contributed by atoms with E-state index >= 15 is 0 Å². The molecule has 2 rings (SSSR count). The Bertz CT molecular complexity index is 402. The first kappa shape index (κ1) is 11.9. The fourth-order valence-electron chi connectivity index (χ4n) is 1.91. The topological polar surface area (TPSA) is 71.5 Å². The van der Waals surface area contributed by atoms with Gasteiger partial charge >= 0.3 is 0 Å². The van der Waals surface area contributed by atoms with Crippen LogP contribution < -0.4 is 5.32 Å². The molecule has 2 heterocycles. The van der Waals surface area contributed by atoms with Gasteiger partial charge in [-0.05, 0) is 25.5 Å². The Balaban J connectivity index is 1.99. The van der Waals surface area contributed by atoms with Crippen molar-refractivity contribution in [2.24, 2.45) is 5.92 Å². The van der Waals surface area contributed by atoms with Crippen LogP contribution in [0.4, 0.5) is 0 Å². The summed E-state index contributed by atoms with van der Waals surface area (Å²) in [4.78, 5) is 15.7. The van der Waals surface area contributed by atoms with Gasteiger partial charge in [0.25, 0.3) is 5.91 Å². The summed E-state index contributed by atoms with van der Waals surface area (Å²) in [6.45, 7) is 3.37. The van der Waals surface area contributed by atoms with E-state index in [1.165, 1.54) is 12.3 Å². The van der Waals surface area contributed by atoms with Crippen molar-refractivity contribution in [3.8, 4) is 5.75 Å². The molecule has 2 atom stereocenters. The van der Waals surface area contributed by atoms with Crippen LogP contribution in [0, 0.1) is 5.92 Å². The summed E-state index contributed by atoms with van der Waals surface area (Å²) in [7, 11) is 0. The van der Waals surface area contributed by atoms with Crippen molar-refractivity contribution in [1.82, 2.24) is 10.3 Å². The highest BCUT2D eigenvalue weighted by molar-refractivity contribution is 5.94. The molecule has 0 spiro atoms. The second kappa shape index (κ2) is 5.14. The Morgan fingerprint density at radius 2 is 2.53 bits per heavy atom. The molecule has 17 heavy (non-hydrogen) atoms. The molecule has 1 aromatic heterocycles. The fraction of sp³-hybridized carbons (Fsp3) is 0.500. The lowest BCUT2D eigenvalue weighted by Gasteiger charge is -2.19. The quantitative estimate of drug-likeness (QED) is 0.819. The first-order valence-corrected chi connectivity index (χ1v) is 5.71. The summed E-state index contributed by atoms with van der Waals surface area (Å²) in [5.41, 5.74) is 0.0678. The fourth-order valence-corrected chi connectivity index (χ4v) is 1.91. The first-order chi connectivity index (χ1) is 8.18. The summed E-state index contributed by atoms with van der Waals surface area (Å²) < 4.78 is 5.27. The minimum atomic E-state index is -0.345. The van der Waals surface area contributed by atoms with Crippen LogP contribution in [0.5, 0.6) is 5.75 Å². The summed E-state index contributed by atoms with van der Waals surface area (Å²) >= 11 is 0. The summed E-state index contributed by atoms with van der Waals surface area (Å²) in [6.07, 6.45) is 2.44. The van der Waals surface area contributed by atoms with E-state index < -0.39 is 0 Å². The molecule has 1 aliphatic heterocycles. The van der Waals surface area contributed by atoms with Gasteiger partial charge in [-0.15, -0.1) is 0 Å². The SMILES string of the molecule is CC(NC(=O)c1ncccc1O)C1CCOC1. The van der Waals surface area contributed by atoms with Gasteiger partial charge in [0.2, 0.25) is 0 Å². The zero-order valence-corrected chi connectivity index (χ0v) is 9.72. The van der Waals surface area contributed by atoms with Gasteiger partial charge in [-0.25, -0.2) is 4.98 Å². The lowest BCUT2D eigenvalue weighted by atomic mass is 10.0. The molecule has 1 saturated heterocycles. The number of hydrogen-bond acceptors (Lipinski definition) is 4. The zero-order chi connectivity index (χ0) is 12.3. The number of carbonyl (C=O) groups excluding carboxylic acids is 1. The van der Waals surface area contributed by atoms with Crippen LogP contribution in [0.25, 0.3) is 0 Å². The number of rotatable bonds is 3. The highest BCUT2D eigenvalue weighted by Gasteiger charge is 2.24. The molecule has 92 valence electrons. The highest BCUT2D eigenvalue weighted by atomic mass is 16.5. The van der Waals surface area contributed by atoms with E-state index in [1.807, 2.05) is 6.92 Å². The highest BCUT2D eigenvalue weighted by Crippen LogP contribution is 2.18. The van der Waals surface area contributed by atoms with Crippen LogP contribution in [-0.2, 0) is 4.74 Å². The third kappa shape index (κ3) is 2.74. The lowest BCUT2D eigenvalue weighted by Crippen LogP contribution is -2.38. The van der Waals surface area contributed by atoms with E-state index in [4.69, 9.17) is 4.74 Å². The Labute approximate surface area is 99.8 Å². The molecule has 2 unspecified atom stereocenters. The van der Waals surface area contributed by atoms with Crippen LogP contribution in [0.3, 0.4) is 0 Å². The van der Waals surface area contributed by atoms with Gasteiger partial charge < -0.3 is 15.2 Å². The second-order valence-electron chi connectivity index (χ2n) is 4.26. The van der Waals surface area contributed by atoms with Crippen LogP contribution >= 0.6 is 0 Å². The maximum atomic E-state index is 11.9. The number of nitrogens with zero attached hydrogens (tertiary/aromatic N) is 1. The number of hydrogen-bond donors (Lipinski definition) is 2. The molecule has 1 amide bonds. The molecule has 1 fully saturated rings. The van der Waals surface area contributed by atoms with E-state index in [-0.39, 0.29) is 23.4 Å². The average molecular weight is 236 g/mol. The van der Waals surface area contributed by atoms with Gasteiger partial charge in [-0.2, -0.15) is 0 Å². The largest absolute Gasteiger partial charge is 0.505 e. The molecule has 5 heteroatoms. The molecule has 0 aliphatic carbocycles. The third-order valence-corrected chi connectivity index (χ3v) is 3.03. The van der Waals surface area contributed by atoms with E-state index in [9.17, 15) is 9.90 Å². The number of aromatic hydroxyl groups is 1. The Morgan fingerprint density at radius 1 is 1.71 bits per heavy atom. The maximum absolute atomic E-state index is 11.9. The van der Waals surface area contributed by atoms with E-state index in [0.29, 0.717) is 12.5 Å². The normalized spacial score (nSPS) is 21.1. The molecule has 1 aromatic rings. The third-order valence-electron chi connectivity index (χ3n) is 3.03. The van der Waals surface area contributed by atoms with Crippen molar-refractivity contribution in [3.63, 3.8) is 0 Å². The predicted octanol–water partition coefficient (Wildman–Crippen LogP) is 0.942. The smallest absolute Gasteiger partial charge is 0.273 e. The van der Waals surface area contributed by atoms with Crippen molar-refractivity contribution < 1.29 is 14.6 Å². The number of nitrogens with one attached hydrogen (secondary N) is 1. The number of pyridine rings is 1. The van der Waals surface area contributed by atoms with Crippen LogP contribution in [0.15, 0.2) is 18.3 Å². The van der Waals surface area contributed by atoms with Crippen LogP contribution in [0.1, 0.15) is 23.8 Å². The number of amides is 1. The minimum absolute atomic E-state index is 0.0198. The second-order valence-corrected chi connectivity index (χ2v) is 4.26. The minimum Gasteiger partial charge on any atom is -0.505 e. The molecule has 1 aliphatic rings. The van der Waals surface area contributed by atoms with Gasteiger partial charge in [-0.1, -0.05) is 0 Å². The zero-order valence-electron chi connectivity index (χ0n) is 9.72. The van der Waals surface area contributed by atoms with Crippen molar-refractivity contribution in [2.45, 2.75) is 19.4 Å². The molecular weight excluding hydrogens is 220 g/mol. The van der Waals surface area contributed by atoms with Crippen molar-refractivity contribution in [1.29, 1.82) is 0 Å². The Kier molecular flexibility index (Phi) is 3.58.